The molecule has 1 atom stereocenters. The minimum absolute atomic E-state index is 0.191. The molecule has 0 fully saturated rings. The Balaban J connectivity index is 2.12. The van der Waals surface area contributed by atoms with E-state index in [1.807, 2.05) is 42.5 Å². The van der Waals surface area contributed by atoms with Crippen molar-refractivity contribution in [3.05, 3.63) is 58.9 Å². The molecule has 0 bridgehead atoms. The average molecular weight is 283 g/mol. The van der Waals surface area contributed by atoms with Gasteiger partial charge in [-0.25, -0.2) is 0 Å². The van der Waals surface area contributed by atoms with Crippen LogP contribution in [0.5, 0.6) is 0 Å². The molecule has 1 N–H and O–H groups in total. The number of aliphatic hydroxyl groups excluding tert-OH is 1. The third-order valence-corrected chi connectivity index (χ3v) is 5.07. The maximum absolute atomic E-state index is 12.7. The van der Waals surface area contributed by atoms with E-state index in [0.717, 1.165) is 35.1 Å². The molecule has 21 heavy (non-hydrogen) atoms. The number of hydrogen-bond acceptors (Lipinski definition) is 2. The Labute approximate surface area is 125 Å². The van der Waals surface area contributed by atoms with Crippen LogP contribution in [0.1, 0.15) is 44.1 Å². The molecule has 1 aliphatic carbocycles. The number of fused-ring (bicyclic) bond motifs is 1. The Hall–Kier alpha value is -1.87. The van der Waals surface area contributed by atoms with Crippen LogP contribution >= 0.6 is 0 Å². The molecule has 0 aliphatic heterocycles. The summed E-state index contributed by atoms with van der Waals surface area (Å²) < 4.78 is 0.933. The largest absolute Gasteiger partial charge is 0.618 e. The number of nitrogens with zero attached hydrogens (tertiary/aromatic N) is 1. The normalized spacial score (nSPS) is 19.5. The lowest BCUT2D eigenvalue weighted by Gasteiger charge is -2.28. The van der Waals surface area contributed by atoms with Crippen molar-refractivity contribution in [2.45, 2.75) is 39.2 Å². The smallest absolute Gasteiger partial charge is 0.225 e. The number of aliphatic hydroxyl groups is 1. The van der Waals surface area contributed by atoms with Crippen molar-refractivity contribution in [1.82, 2.24) is 0 Å². The second-order valence-electron chi connectivity index (χ2n) is 5.94. The first-order valence-electron chi connectivity index (χ1n) is 7.62. The number of aromatic nitrogens is 1. The summed E-state index contributed by atoms with van der Waals surface area (Å²) in [6.45, 7) is 4.18. The molecule has 3 nitrogen and oxygen atoms in total. The fourth-order valence-corrected chi connectivity index (χ4v) is 3.50. The van der Waals surface area contributed by atoms with Crippen molar-refractivity contribution in [3.63, 3.8) is 0 Å². The molecule has 1 aliphatic rings. The summed E-state index contributed by atoms with van der Waals surface area (Å²) in [6, 6.07) is 13.5. The maximum Gasteiger partial charge on any atom is 0.225 e. The quantitative estimate of drug-likeness (QED) is 0.693. The second-order valence-corrected chi connectivity index (χ2v) is 5.94. The van der Waals surface area contributed by atoms with Crippen LogP contribution in [0.4, 0.5) is 0 Å². The van der Waals surface area contributed by atoms with E-state index < -0.39 is 6.10 Å². The highest BCUT2D eigenvalue weighted by Crippen LogP contribution is 2.49. The molecular formula is C18H21NO2. The number of hydrogen-bond donors (Lipinski definition) is 1. The van der Waals surface area contributed by atoms with Gasteiger partial charge in [0.25, 0.3) is 0 Å². The topological polar surface area (TPSA) is 47.2 Å². The molecule has 0 saturated heterocycles. The van der Waals surface area contributed by atoms with Crippen molar-refractivity contribution in [2.75, 3.05) is 0 Å². The van der Waals surface area contributed by atoms with Crippen molar-refractivity contribution >= 4 is 0 Å². The van der Waals surface area contributed by atoms with E-state index in [1.165, 1.54) is 0 Å². The van der Waals surface area contributed by atoms with Crippen molar-refractivity contribution < 1.29 is 9.84 Å². The lowest BCUT2D eigenvalue weighted by atomic mass is 9.78. The van der Waals surface area contributed by atoms with Crippen LogP contribution in [0, 0.1) is 10.6 Å². The van der Waals surface area contributed by atoms with Gasteiger partial charge in [0, 0.05) is 22.6 Å². The molecule has 3 heteroatoms. The summed E-state index contributed by atoms with van der Waals surface area (Å²) in [5.74, 6) is 0. The number of rotatable bonds is 3. The molecule has 0 spiro atoms. The Morgan fingerprint density at radius 2 is 1.81 bits per heavy atom. The van der Waals surface area contributed by atoms with Gasteiger partial charge in [-0.3, -0.25) is 0 Å². The second kappa shape index (κ2) is 5.15. The average Bonchev–Trinajstić information content (AvgIpc) is 2.82. The SMILES string of the molecule is CCC1(CC)Cc2ccc(-c3ccccc3)[n+]([O-])c2[C@@H]1O. The van der Waals surface area contributed by atoms with Crippen LogP contribution in [0.3, 0.4) is 0 Å². The lowest BCUT2D eigenvalue weighted by Crippen LogP contribution is -2.37. The summed E-state index contributed by atoms with van der Waals surface area (Å²) in [4.78, 5) is 0. The summed E-state index contributed by atoms with van der Waals surface area (Å²) in [6.07, 6.45) is 1.86. The first kappa shape index (κ1) is 14.1. The van der Waals surface area contributed by atoms with Gasteiger partial charge in [-0.15, -0.1) is 0 Å². The third-order valence-electron chi connectivity index (χ3n) is 5.07. The highest BCUT2D eigenvalue weighted by molar-refractivity contribution is 5.56. The van der Waals surface area contributed by atoms with Gasteiger partial charge in [0.15, 0.2) is 0 Å². The van der Waals surface area contributed by atoms with Crippen LogP contribution in [0.25, 0.3) is 11.3 Å². The van der Waals surface area contributed by atoms with Gasteiger partial charge in [-0.2, -0.15) is 4.73 Å². The van der Waals surface area contributed by atoms with Crippen molar-refractivity contribution in [1.29, 1.82) is 0 Å². The monoisotopic (exact) mass is 283 g/mol. The number of benzene rings is 1. The van der Waals surface area contributed by atoms with Gasteiger partial charge in [0.1, 0.15) is 6.10 Å². The van der Waals surface area contributed by atoms with Crippen molar-refractivity contribution in [3.8, 4) is 11.3 Å². The minimum Gasteiger partial charge on any atom is -0.618 e. The standard InChI is InChI=1S/C18H21NO2/c1-3-18(4-2)12-14-10-11-15(13-8-6-5-7-9-13)19(21)16(14)17(18)20/h5-11,17,20H,3-4,12H2,1-2H3/t17-/m0/s1. The summed E-state index contributed by atoms with van der Waals surface area (Å²) >= 11 is 0. The van der Waals surface area contributed by atoms with Gasteiger partial charge in [-0.1, -0.05) is 32.0 Å². The fourth-order valence-electron chi connectivity index (χ4n) is 3.50. The Kier molecular flexibility index (Phi) is 3.46. The first-order chi connectivity index (χ1) is 10.1. The van der Waals surface area contributed by atoms with E-state index in [2.05, 4.69) is 13.8 Å². The molecule has 0 amide bonds. The van der Waals surface area contributed by atoms with Gasteiger partial charge in [-0.05, 0) is 37.5 Å². The molecular weight excluding hydrogens is 262 g/mol. The Bertz CT molecular complexity index is 648. The van der Waals surface area contributed by atoms with E-state index in [9.17, 15) is 10.3 Å². The molecule has 1 aromatic heterocycles. The Morgan fingerprint density at radius 1 is 1.14 bits per heavy atom. The van der Waals surface area contributed by atoms with E-state index in [4.69, 9.17) is 0 Å². The van der Waals surface area contributed by atoms with Gasteiger partial charge in [0.2, 0.25) is 11.4 Å². The predicted octanol–water partition coefficient (Wildman–Crippen LogP) is 3.38. The van der Waals surface area contributed by atoms with Crippen LogP contribution < -0.4 is 4.73 Å². The lowest BCUT2D eigenvalue weighted by molar-refractivity contribution is -0.607. The van der Waals surface area contributed by atoms with Crippen LogP contribution in [0.15, 0.2) is 42.5 Å². The number of pyridine rings is 1. The van der Waals surface area contributed by atoms with E-state index in [0.29, 0.717) is 11.4 Å². The highest BCUT2D eigenvalue weighted by Gasteiger charge is 2.48. The molecule has 1 heterocycles. The zero-order chi connectivity index (χ0) is 15.0. The minimum atomic E-state index is -0.677. The molecule has 0 radical (unpaired) electrons. The highest BCUT2D eigenvalue weighted by atomic mass is 16.5. The molecule has 0 saturated carbocycles. The van der Waals surface area contributed by atoms with Gasteiger partial charge >= 0.3 is 0 Å². The maximum atomic E-state index is 12.7. The van der Waals surface area contributed by atoms with Crippen LogP contribution in [-0.4, -0.2) is 5.11 Å². The summed E-state index contributed by atoms with van der Waals surface area (Å²) in [7, 11) is 0. The Morgan fingerprint density at radius 3 is 2.43 bits per heavy atom. The molecule has 0 unspecified atom stereocenters. The van der Waals surface area contributed by atoms with E-state index >= 15 is 0 Å². The van der Waals surface area contributed by atoms with Crippen LogP contribution in [0.2, 0.25) is 0 Å². The van der Waals surface area contributed by atoms with E-state index in [1.54, 1.807) is 0 Å². The zero-order valence-corrected chi connectivity index (χ0v) is 12.5. The van der Waals surface area contributed by atoms with Crippen LogP contribution in [-0.2, 0) is 6.42 Å². The fraction of sp³-hybridized carbons (Fsp3) is 0.389. The molecule has 1 aromatic carbocycles. The summed E-state index contributed by atoms with van der Waals surface area (Å²) in [5.41, 5.74) is 2.83. The first-order valence-corrected chi connectivity index (χ1v) is 7.62. The van der Waals surface area contributed by atoms with Gasteiger partial charge < -0.3 is 10.3 Å². The third kappa shape index (κ3) is 2.04. The summed E-state index contributed by atoms with van der Waals surface area (Å²) in [5, 5.41) is 23.5. The van der Waals surface area contributed by atoms with Gasteiger partial charge in [0.05, 0.1) is 0 Å². The molecule has 110 valence electrons. The zero-order valence-electron chi connectivity index (χ0n) is 12.5. The van der Waals surface area contributed by atoms with Crippen molar-refractivity contribution in [2.24, 2.45) is 5.41 Å². The predicted molar refractivity (Wildman–Crippen MR) is 82.5 cm³/mol. The van der Waals surface area contributed by atoms with E-state index in [-0.39, 0.29) is 5.41 Å². The molecule has 3 rings (SSSR count). The molecule has 2 aromatic rings.